The normalized spacial score (nSPS) is 27.5. The third kappa shape index (κ3) is 3.81. The zero-order valence-electron chi connectivity index (χ0n) is 16.2. The molecule has 0 aliphatic heterocycles. The molecule has 4 rings (SSSR count). The Labute approximate surface area is 167 Å². The summed E-state index contributed by atoms with van der Waals surface area (Å²) in [6, 6.07) is 7.84. The van der Waals surface area contributed by atoms with Crippen LogP contribution in [0.1, 0.15) is 51.0 Å². The van der Waals surface area contributed by atoms with Crippen molar-refractivity contribution in [2.45, 2.75) is 62.4 Å². The Morgan fingerprint density at radius 2 is 1.93 bits per heavy atom. The van der Waals surface area contributed by atoms with Crippen molar-refractivity contribution < 1.29 is 13.2 Å². The highest BCUT2D eigenvalue weighted by Gasteiger charge is 2.43. The van der Waals surface area contributed by atoms with E-state index in [1.807, 2.05) is 6.07 Å². The van der Waals surface area contributed by atoms with E-state index >= 15 is 0 Å². The van der Waals surface area contributed by atoms with E-state index in [9.17, 15) is 13.2 Å². The minimum absolute atomic E-state index is 0.0847. The number of fused-ring (bicyclic) bond motifs is 2. The Hall–Kier alpha value is -1.91. The van der Waals surface area contributed by atoms with Gasteiger partial charge in [0, 0.05) is 12.1 Å². The number of hydrogen-bond donors (Lipinski definition) is 1. The maximum Gasteiger partial charge on any atom is 0.243 e. The third-order valence-corrected chi connectivity index (χ3v) is 8.58. The molecule has 4 atom stereocenters. The van der Waals surface area contributed by atoms with Crippen LogP contribution in [0.25, 0.3) is 0 Å². The Balaban J connectivity index is 1.43. The van der Waals surface area contributed by atoms with Crippen LogP contribution in [-0.2, 0) is 14.8 Å². The Bertz CT molecular complexity index is 886. The quantitative estimate of drug-likeness (QED) is 0.760. The molecule has 3 saturated carbocycles. The molecule has 1 aromatic rings. The van der Waals surface area contributed by atoms with E-state index in [1.54, 1.807) is 0 Å². The molecule has 2 bridgehead atoms. The first-order chi connectivity index (χ1) is 13.4. The molecule has 3 aliphatic rings. The zero-order chi connectivity index (χ0) is 19.9. The molecule has 3 aliphatic carbocycles. The highest BCUT2D eigenvalue weighted by Crippen LogP contribution is 2.49. The van der Waals surface area contributed by atoms with E-state index in [4.69, 9.17) is 5.26 Å². The molecular weight excluding hydrogens is 374 g/mol. The summed E-state index contributed by atoms with van der Waals surface area (Å²) in [7, 11) is -3.76. The number of benzene rings is 1. The first kappa shape index (κ1) is 19.4. The predicted octanol–water partition coefficient (Wildman–Crippen LogP) is 2.65. The number of sulfonamides is 1. The highest BCUT2D eigenvalue weighted by molar-refractivity contribution is 7.89. The fourth-order valence-electron chi connectivity index (χ4n) is 5.06. The Morgan fingerprint density at radius 1 is 1.21 bits per heavy atom. The standard InChI is InChI=1S/C21H27N3O3S/c1-14(20-11-16-2-5-17(20)10-16)23-21(25)13-24(18-6-7-18)28(26,27)19-8-3-15(12-22)4-9-19/h3-4,8-9,14,16-18,20H,2,5-7,10-11,13H2,1H3,(H,23,25). The molecule has 1 amide bonds. The molecule has 7 heteroatoms. The first-order valence-corrected chi connectivity index (χ1v) is 11.6. The lowest BCUT2D eigenvalue weighted by Crippen LogP contribution is -2.47. The van der Waals surface area contributed by atoms with Gasteiger partial charge in [-0.25, -0.2) is 8.42 Å². The van der Waals surface area contributed by atoms with Gasteiger partial charge in [-0.1, -0.05) is 6.42 Å². The van der Waals surface area contributed by atoms with E-state index in [-0.39, 0.29) is 29.4 Å². The number of nitriles is 1. The number of carbonyl (C=O) groups is 1. The molecule has 1 N–H and O–H groups in total. The van der Waals surface area contributed by atoms with Crippen LogP contribution in [0.5, 0.6) is 0 Å². The molecule has 4 unspecified atom stereocenters. The smallest absolute Gasteiger partial charge is 0.243 e. The van der Waals surface area contributed by atoms with E-state index in [1.165, 1.54) is 54.3 Å². The highest BCUT2D eigenvalue weighted by atomic mass is 32.2. The number of rotatable bonds is 7. The summed E-state index contributed by atoms with van der Waals surface area (Å²) in [6.07, 6.45) is 6.61. The van der Waals surface area contributed by atoms with Gasteiger partial charge in [-0.15, -0.1) is 0 Å². The maximum absolute atomic E-state index is 13.1. The van der Waals surface area contributed by atoms with Gasteiger partial charge in [0.1, 0.15) is 0 Å². The SMILES string of the molecule is CC(NC(=O)CN(C1CC1)S(=O)(=O)c1ccc(C#N)cc1)C1CC2CCC1C2. The summed E-state index contributed by atoms with van der Waals surface area (Å²) in [6.45, 7) is 1.91. The molecule has 150 valence electrons. The summed E-state index contributed by atoms with van der Waals surface area (Å²) >= 11 is 0. The average molecular weight is 402 g/mol. The summed E-state index contributed by atoms with van der Waals surface area (Å²) < 4.78 is 27.4. The van der Waals surface area contributed by atoms with E-state index in [0.717, 1.165) is 18.8 Å². The number of carbonyl (C=O) groups excluding carboxylic acids is 1. The largest absolute Gasteiger partial charge is 0.352 e. The van der Waals surface area contributed by atoms with Gasteiger partial charge in [-0.05, 0) is 81.0 Å². The lowest BCUT2D eigenvalue weighted by Gasteiger charge is -2.29. The van der Waals surface area contributed by atoms with Gasteiger partial charge in [0.15, 0.2) is 0 Å². The van der Waals surface area contributed by atoms with Crippen molar-refractivity contribution in [1.82, 2.24) is 9.62 Å². The van der Waals surface area contributed by atoms with Crippen LogP contribution in [0.15, 0.2) is 29.2 Å². The molecule has 28 heavy (non-hydrogen) atoms. The summed E-state index contributed by atoms with van der Waals surface area (Å²) in [5.74, 6) is 1.82. The molecule has 0 radical (unpaired) electrons. The van der Waals surface area contributed by atoms with Crippen molar-refractivity contribution in [2.24, 2.45) is 17.8 Å². The molecule has 3 fully saturated rings. The molecule has 0 spiro atoms. The minimum Gasteiger partial charge on any atom is -0.352 e. The van der Waals surface area contributed by atoms with Crippen LogP contribution in [-0.4, -0.2) is 37.3 Å². The van der Waals surface area contributed by atoms with Crippen LogP contribution < -0.4 is 5.32 Å². The minimum atomic E-state index is -3.76. The predicted molar refractivity (Wildman–Crippen MR) is 105 cm³/mol. The van der Waals surface area contributed by atoms with Gasteiger partial charge >= 0.3 is 0 Å². The molecule has 0 saturated heterocycles. The second-order valence-corrected chi connectivity index (χ2v) is 10.5. The second-order valence-electron chi connectivity index (χ2n) is 8.61. The topological polar surface area (TPSA) is 90.3 Å². The molecule has 0 heterocycles. The van der Waals surface area contributed by atoms with Gasteiger partial charge in [-0.3, -0.25) is 4.79 Å². The van der Waals surface area contributed by atoms with Gasteiger partial charge in [-0.2, -0.15) is 9.57 Å². The Morgan fingerprint density at radius 3 is 2.46 bits per heavy atom. The van der Waals surface area contributed by atoms with E-state index < -0.39 is 10.0 Å². The molecule has 1 aromatic carbocycles. The van der Waals surface area contributed by atoms with Gasteiger partial charge in [0.2, 0.25) is 15.9 Å². The van der Waals surface area contributed by atoms with Gasteiger partial charge < -0.3 is 5.32 Å². The van der Waals surface area contributed by atoms with Crippen molar-refractivity contribution in [3.63, 3.8) is 0 Å². The molecule has 6 nitrogen and oxygen atoms in total. The number of nitrogens with zero attached hydrogens (tertiary/aromatic N) is 2. The van der Waals surface area contributed by atoms with Crippen molar-refractivity contribution in [1.29, 1.82) is 5.26 Å². The Kier molecular flexibility index (Phi) is 5.19. The van der Waals surface area contributed by atoms with Crippen LogP contribution in [0.3, 0.4) is 0 Å². The lowest BCUT2D eigenvalue weighted by molar-refractivity contribution is -0.122. The van der Waals surface area contributed by atoms with Gasteiger partial charge in [0.25, 0.3) is 0 Å². The maximum atomic E-state index is 13.1. The molecular formula is C21H27N3O3S. The van der Waals surface area contributed by atoms with Crippen LogP contribution in [0.2, 0.25) is 0 Å². The number of nitrogens with one attached hydrogen (secondary N) is 1. The van der Waals surface area contributed by atoms with Crippen LogP contribution in [0.4, 0.5) is 0 Å². The van der Waals surface area contributed by atoms with E-state index in [0.29, 0.717) is 17.4 Å². The lowest BCUT2D eigenvalue weighted by atomic mass is 9.84. The monoisotopic (exact) mass is 401 g/mol. The van der Waals surface area contributed by atoms with Gasteiger partial charge in [0.05, 0.1) is 23.1 Å². The molecule has 0 aromatic heterocycles. The van der Waals surface area contributed by atoms with Crippen molar-refractivity contribution in [3.8, 4) is 6.07 Å². The summed E-state index contributed by atoms with van der Waals surface area (Å²) in [5, 5.41) is 12.0. The zero-order valence-corrected chi connectivity index (χ0v) is 17.0. The number of amides is 1. The fraction of sp³-hybridized carbons (Fsp3) is 0.619. The third-order valence-electron chi connectivity index (χ3n) is 6.67. The number of hydrogen-bond acceptors (Lipinski definition) is 4. The van der Waals surface area contributed by atoms with Crippen LogP contribution >= 0.6 is 0 Å². The van der Waals surface area contributed by atoms with Crippen molar-refractivity contribution in [2.75, 3.05) is 6.54 Å². The average Bonchev–Trinajstić information content (AvgIpc) is 3.29. The van der Waals surface area contributed by atoms with Crippen molar-refractivity contribution in [3.05, 3.63) is 29.8 Å². The van der Waals surface area contributed by atoms with E-state index in [2.05, 4.69) is 12.2 Å². The summed E-state index contributed by atoms with van der Waals surface area (Å²) in [5.41, 5.74) is 0.411. The first-order valence-electron chi connectivity index (χ1n) is 10.2. The fourth-order valence-corrected chi connectivity index (χ4v) is 6.71. The second kappa shape index (κ2) is 7.49. The summed E-state index contributed by atoms with van der Waals surface area (Å²) in [4.78, 5) is 12.8. The van der Waals surface area contributed by atoms with Crippen molar-refractivity contribution >= 4 is 15.9 Å². The van der Waals surface area contributed by atoms with Crippen LogP contribution in [0, 0.1) is 29.1 Å².